The molecule has 1 aliphatic rings. The molecular formula is C37H50N3O2Ru. The second-order valence-electron chi connectivity index (χ2n) is 10.2. The van der Waals surface area contributed by atoms with Crippen LogP contribution in [0.2, 0.25) is 0 Å². The number of nitrogens with zero attached hydrogens (tertiary/aromatic N) is 3. The van der Waals surface area contributed by atoms with Crippen molar-refractivity contribution in [2.24, 2.45) is 0 Å². The summed E-state index contributed by atoms with van der Waals surface area (Å²) in [6.07, 6.45) is 3.50. The van der Waals surface area contributed by atoms with Crippen LogP contribution in [0.4, 0.5) is 11.4 Å². The summed E-state index contributed by atoms with van der Waals surface area (Å²) in [6, 6.07) is 25.0. The van der Waals surface area contributed by atoms with Crippen LogP contribution in [0.3, 0.4) is 0 Å². The summed E-state index contributed by atoms with van der Waals surface area (Å²) >= 11 is 2.48. The number of hydrogen-bond acceptors (Lipinski definition) is 5. The van der Waals surface area contributed by atoms with Crippen LogP contribution < -0.4 is 9.80 Å². The molecule has 1 aliphatic heterocycles. The average molecular weight is 670 g/mol. The SMILES string of the molecule is CCO.CCO.Cc1cc(C)c(N2[CH-]N(c3c(C)cc(C)cc3C)CC2)c(C)c1.[Ru+]=[CH]c1ccccc1.c1ccncc1. The monoisotopic (exact) mass is 670 g/mol. The maximum Gasteiger partial charge on any atom is 0.0267 e. The van der Waals surface area contributed by atoms with Crippen LogP contribution in [0.25, 0.3) is 0 Å². The summed E-state index contributed by atoms with van der Waals surface area (Å²) in [5, 5.41) is 15.1. The molecule has 0 radical (unpaired) electrons. The van der Waals surface area contributed by atoms with Gasteiger partial charge in [-0.05, 0) is 89.8 Å². The summed E-state index contributed by atoms with van der Waals surface area (Å²) in [4.78, 5) is 8.60. The Balaban J connectivity index is 0.000000374. The molecule has 2 N–H and O–H groups in total. The predicted octanol–water partition coefficient (Wildman–Crippen LogP) is 7.45. The van der Waals surface area contributed by atoms with E-state index in [1.807, 2.05) is 41.0 Å². The fourth-order valence-electron chi connectivity index (χ4n) is 4.92. The standard InChI is InChI=1S/C21H27N2.C7H6.C5H5N.2C2H6O.Ru/c1-14-9-16(3)20(17(4)10-14)22-7-8-23(13-22)21-18(5)11-15(2)12-19(21)6;1-7-5-3-2-4-6-7;1-2-4-6-5-3-1;2*1-2-3;/h9-13H,7-8H2,1-6H3;1-6H;1-5H;2*3H,2H2,1H3;/q-1;;;;;+1. The zero-order valence-electron chi connectivity index (χ0n) is 27.2. The number of benzene rings is 3. The minimum Gasteiger partial charge on any atom is -0.265 e. The second-order valence-corrected chi connectivity index (χ2v) is 10.7. The zero-order valence-corrected chi connectivity index (χ0v) is 28.9. The molecular weight excluding hydrogens is 619 g/mol. The predicted molar refractivity (Wildman–Crippen MR) is 182 cm³/mol. The first-order chi connectivity index (χ1) is 20.6. The molecule has 3 aromatic carbocycles. The van der Waals surface area contributed by atoms with Crippen LogP contribution in [0.1, 0.15) is 52.8 Å². The summed E-state index contributed by atoms with van der Waals surface area (Å²) in [5.74, 6) is 0. The van der Waals surface area contributed by atoms with E-state index in [1.165, 1.54) is 50.3 Å². The summed E-state index contributed by atoms with van der Waals surface area (Å²) in [5.41, 5.74) is 12.1. The number of aromatic nitrogens is 1. The first-order valence-electron chi connectivity index (χ1n) is 14.7. The fourth-order valence-corrected chi connectivity index (χ4v) is 5.26. The number of anilines is 2. The Morgan fingerprint density at radius 3 is 1.28 bits per heavy atom. The summed E-state index contributed by atoms with van der Waals surface area (Å²) in [7, 11) is 0. The van der Waals surface area contributed by atoms with Crippen molar-refractivity contribution in [3.63, 3.8) is 0 Å². The Hall–Kier alpha value is -3.18. The molecule has 1 fully saturated rings. The van der Waals surface area contributed by atoms with Crippen molar-refractivity contribution in [3.8, 4) is 0 Å². The average Bonchev–Trinajstić information content (AvgIpc) is 3.44. The Labute approximate surface area is 270 Å². The van der Waals surface area contributed by atoms with Gasteiger partial charge in [0, 0.05) is 50.1 Å². The summed E-state index contributed by atoms with van der Waals surface area (Å²) in [6.45, 7) is 21.4. The minimum atomic E-state index is 0.250. The van der Waals surface area contributed by atoms with Gasteiger partial charge in [-0.2, -0.15) is 6.67 Å². The van der Waals surface area contributed by atoms with Crippen LogP contribution in [0.5, 0.6) is 0 Å². The van der Waals surface area contributed by atoms with Crippen LogP contribution in [-0.4, -0.2) is 46.1 Å². The zero-order chi connectivity index (χ0) is 32.2. The molecule has 1 aromatic heterocycles. The Kier molecular flexibility index (Phi) is 18.9. The van der Waals surface area contributed by atoms with Gasteiger partial charge in [0.2, 0.25) is 0 Å². The molecule has 0 bridgehead atoms. The third kappa shape index (κ3) is 13.8. The van der Waals surface area contributed by atoms with E-state index in [0.717, 1.165) is 13.1 Å². The number of rotatable bonds is 3. The molecule has 233 valence electrons. The Morgan fingerprint density at radius 1 is 0.674 bits per heavy atom. The van der Waals surface area contributed by atoms with Crippen LogP contribution in [0.15, 0.2) is 85.2 Å². The number of aliphatic hydroxyl groups is 2. The molecule has 5 rings (SSSR count). The maximum absolute atomic E-state index is 7.57. The van der Waals surface area contributed by atoms with Crippen molar-refractivity contribution in [2.75, 3.05) is 36.1 Å². The van der Waals surface area contributed by atoms with E-state index in [9.17, 15) is 0 Å². The topological polar surface area (TPSA) is 59.8 Å². The smallest absolute Gasteiger partial charge is 0.0267 e. The van der Waals surface area contributed by atoms with Gasteiger partial charge < -0.3 is 20.0 Å². The molecule has 0 spiro atoms. The van der Waals surface area contributed by atoms with Gasteiger partial charge in [-0.15, -0.1) is 0 Å². The molecule has 1 saturated heterocycles. The van der Waals surface area contributed by atoms with E-state index in [4.69, 9.17) is 10.2 Å². The van der Waals surface area contributed by atoms with E-state index in [-0.39, 0.29) is 13.2 Å². The molecule has 0 unspecified atom stereocenters. The minimum absolute atomic E-state index is 0.250. The van der Waals surface area contributed by atoms with Gasteiger partial charge in [-0.1, -0.05) is 41.5 Å². The van der Waals surface area contributed by atoms with Crippen molar-refractivity contribution < 1.29 is 28.1 Å². The van der Waals surface area contributed by atoms with E-state index in [1.54, 1.807) is 26.2 Å². The second kappa shape index (κ2) is 21.5. The van der Waals surface area contributed by atoms with Crippen molar-refractivity contribution in [1.82, 2.24) is 4.98 Å². The van der Waals surface area contributed by atoms with Gasteiger partial charge in [0.1, 0.15) is 0 Å². The van der Waals surface area contributed by atoms with Crippen molar-refractivity contribution in [1.29, 1.82) is 0 Å². The Bertz CT molecular complexity index is 1190. The van der Waals surface area contributed by atoms with E-state index in [0.29, 0.717) is 0 Å². The first kappa shape index (κ1) is 37.8. The third-order valence-corrected chi connectivity index (χ3v) is 6.77. The molecule has 0 amide bonds. The van der Waals surface area contributed by atoms with E-state index < -0.39 is 0 Å². The van der Waals surface area contributed by atoms with E-state index in [2.05, 4.69) is 117 Å². The van der Waals surface area contributed by atoms with Gasteiger partial charge in [-0.25, -0.2) is 0 Å². The Morgan fingerprint density at radius 2 is 1.02 bits per heavy atom. The number of aryl methyl sites for hydroxylation is 6. The normalized spacial score (nSPS) is 11.4. The summed E-state index contributed by atoms with van der Waals surface area (Å²) < 4.78 is 2.01. The van der Waals surface area contributed by atoms with Crippen LogP contribution in [0, 0.1) is 48.2 Å². The van der Waals surface area contributed by atoms with Crippen molar-refractivity contribution in [3.05, 3.63) is 131 Å². The van der Waals surface area contributed by atoms with Crippen molar-refractivity contribution >= 4 is 16.0 Å². The third-order valence-electron chi connectivity index (χ3n) is 6.19. The number of pyridine rings is 1. The van der Waals surface area contributed by atoms with Gasteiger partial charge in [-0.3, -0.25) is 4.98 Å². The van der Waals surface area contributed by atoms with E-state index >= 15 is 0 Å². The van der Waals surface area contributed by atoms with Crippen LogP contribution in [-0.2, 0) is 17.9 Å². The fraction of sp³-hybridized carbons (Fsp3) is 0.324. The quantitative estimate of drug-likeness (QED) is 0.175. The molecule has 0 atom stereocenters. The molecule has 2 heterocycles. The number of hydrogen-bond donors (Lipinski definition) is 2. The van der Waals surface area contributed by atoms with Gasteiger partial charge >= 0.3 is 58.4 Å². The molecule has 0 aliphatic carbocycles. The van der Waals surface area contributed by atoms with Crippen molar-refractivity contribution in [2.45, 2.75) is 55.4 Å². The van der Waals surface area contributed by atoms with Crippen LogP contribution >= 0.6 is 0 Å². The van der Waals surface area contributed by atoms with Gasteiger partial charge in [0.25, 0.3) is 0 Å². The molecule has 5 nitrogen and oxygen atoms in total. The largest absolute Gasteiger partial charge is 0.265 e. The molecule has 6 heteroatoms. The van der Waals surface area contributed by atoms with Gasteiger partial charge in [0.15, 0.2) is 0 Å². The molecule has 4 aromatic rings. The maximum atomic E-state index is 7.57. The van der Waals surface area contributed by atoms with Gasteiger partial charge in [0.05, 0.1) is 0 Å². The first-order valence-corrected chi connectivity index (χ1v) is 15.7. The molecule has 43 heavy (non-hydrogen) atoms. The number of aliphatic hydroxyl groups excluding tert-OH is 2. The molecule has 0 saturated carbocycles.